The molecule has 0 aromatic heterocycles. The van der Waals surface area contributed by atoms with Crippen molar-refractivity contribution in [2.75, 3.05) is 20.2 Å². The molecule has 5 heteroatoms. The summed E-state index contributed by atoms with van der Waals surface area (Å²) < 4.78 is 5.04. The fourth-order valence-electron chi connectivity index (χ4n) is 1.86. The topological polar surface area (TPSA) is 70.0 Å². The smallest absolute Gasteiger partial charge is 0.320 e. The number of aliphatic carboxylic acids is 1. The average molecular weight is 203 g/mol. The van der Waals surface area contributed by atoms with Gasteiger partial charge >= 0.3 is 5.97 Å². The molecule has 0 saturated carbocycles. The molecule has 0 unspecified atom stereocenters. The van der Waals surface area contributed by atoms with Gasteiger partial charge in [0.1, 0.15) is 6.04 Å². The number of aliphatic hydroxyl groups is 1. The van der Waals surface area contributed by atoms with Gasteiger partial charge in [0.2, 0.25) is 0 Å². The van der Waals surface area contributed by atoms with Crippen molar-refractivity contribution in [2.45, 2.75) is 31.6 Å². The van der Waals surface area contributed by atoms with Crippen LogP contribution in [0, 0.1) is 0 Å². The van der Waals surface area contributed by atoms with Crippen LogP contribution in [-0.2, 0) is 9.53 Å². The number of β-amino-alcohol motifs (C(OH)–C–C–N with tert-alkyl or cyclic N) is 1. The Morgan fingerprint density at radius 1 is 1.64 bits per heavy atom. The SMILES string of the molecule is CC[C@H](C(=O)O)N1C[C@@H](O)[C@@H](OC)C1. The molecule has 1 rings (SSSR count). The van der Waals surface area contributed by atoms with Crippen molar-refractivity contribution in [3.8, 4) is 0 Å². The first kappa shape index (κ1) is 11.4. The first-order valence-corrected chi connectivity index (χ1v) is 4.77. The van der Waals surface area contributed by atoms with E-state index in [4.69, 9.17) is 9.84 Å². The zero-order chi connectivity index (χ0) is 10.7. The van der Waals surface area contributed by atoms with Gasteiger partial charge in [0, 0.05) is 20.2 Å². The third-order valence-electron chi connectivity index (χ3n) is 2.68. The molecule has 1 saturated heterocycles. The number of hydrogen-bond acceptors (Lipinski definition) is 4. The number of hydrogen-bond donors (Lipinski definition) is 2. The van der Waals surface area contributed by atoms with Crippen LogP contribution in [-0.4, -0.2) is 59.5 Å². The minimum atomic E-state index is -0.837. The number of nitrogens with zero attached hydrogens (tertiary/aromatic N) is 1. The maximum atomic E-state index is 10.9. The molecule has 0 aromatic carbocycles. The highest BCUT2D eigenvalue weighted by Crippen LogP contribution is 2.17. The molecule has 0 spiro atoms. The van der Waals surface area contributed by atoms with Crippen molar-refractivity contribution >= 4 is 5.97 Å². The number of methoxy groups -OCH3 is 1. The molecule has 82 valence electrons. The number of carboxylic acid groups (broad SMARTS) is 1. The van der Waals surface area contributed by atoms with E-state index >= 15 is 0 Å². The molecule has 2 N–H and O–H groups in total. The second-order valence-electron chi connectivity index (χ2n) is 3.56. The van der Waals surface area contributed by atoms with Gasteiger partial charge in [0.15, 0.2) is 0 Å². The summed E-state index contributed by atoms with van der Waals surface area (Å²) in [5.74, 6) is -0.837. The number of ether oxygens (including phenoxy) is 1. The third-order valence-corrected chi connectivity index (χ3v) is 2.68. The molecule has 0 aliphatic carbocycles. The second-order valence-corrected chi connectivity index (χ2v) is 3.56. The summed E-state index contributed by atoms with van der Waals surface area (Å²) in [4.78, 5) is 12.6. The fraction of sp³-hybridized carbons (Fsp3) is 0.889. The Balaban J connectivity index is 2.58. The van der Waals surface area contributed by atoms with Gasteiger partial charge in [0.25, 0.3) is 0 Å². The van der Waals surface area contributed by atoms with Crippen molar-refractivity contribution < 1.29 is 19.7 Å². The maximum Gasteiger partial charge on any atom is 0.320 e. The highest BCUT2D eigenvalue weighted by Gasteiger charge is 2.36. The Morgan fingerprint density at radius 2 is 2.29 bits per heavy atom. The Bertz CT molecular complexity index is 209. The zero-order valence-electron chi connectivity index (χ0n) is 8.51. The first-order valence-electron chi connectivity index (χ1n) is 4.77. The minimum Gasteiger partial charge on any atom is -0.480 e. The van der Waals surface area contributed by atoms with E-state index in [2.05, 4.69) is 0 Å². The lowest BCUT2D eigenvalue weighted by Gasteiger charge is -2.22. The van der Waals surface area contributed by atoms with Crippen molar-refractivity contribution in [1.29, 1.82) is 0 Å². The van der Waals surface area contributed by atoms with Gasteiger partial charge in [-0.3, -0.25) is 9.69 Å². The molecule has 0 bridgehead atoms. The van der Waals surface area contributed by atoms with Crippen molar-refractivity contribution in [3.63, 3.8) is 0 Å². The van der Waals surface area contributed by atoms with Crippen LogP contribution in [0.3, 0.4) is 0 Å². The van der Waals surface area contributed by atoms with E-state index in [9.17, 15) is 9.90 Å². The third kappa shape index (κ3) is 2.23. The summed E-state index contributed by atoms with van der Waals surface area (Å²) in [6.45, 7) is 2.69. The number of rotatable bonds is 4. The van der Waals surface area contributed by atoms with E-state index in [0.29, 0.717) is 19.5 Å². The molecule has 3 atom stereocenters. The predicted molar refractivity (Wildman–Crippen MR) is 50.1 cm³/mol. The molecule has 0 radical (unpaired) electrons. The summed E-state index contributed by atoms with van der Waals surface area (Å²) in [5, 5.41) is 18.4. The monoisotopic (exact) mass is 203 g/mol. The lowest BCUT2D eigenvalue weighted by molar-refractivity contribution is -0.143. The van der Waals surface area contributed by atoms with Gasteiger partial charge in [-0.1, -0.05) is 6.92 Å². The van der Waals surface area contributed by atoms with Gasteiger partial charge in [0.05, 0.1) is 12.2 Å². The summed E-state index contributed by atoms with van der Waals surface area (Å²) in [6, 6.07) is -0.509. The number of aliphatic hydroxyl groups excluding tert-OH is 1. The fourth-order valence-corrected chi connectivity index (χ4v) is 1.86. The summed E-state index contributed by atoms with van der Waals surface area (Å²) in [5.41, 5.74) is 0. The number of carbonyl (C=O) groups is 1. The summed E-state index contributed by atoms with van der Waals surface area (Å²) in [6.07, 6.45) is -0.296. The zero-order valence-corrected chi connectivity index (χ0v) is 8.51. The van der Waals surface area contributed by atoms with Gasteiger partial charge in [-0.2, -0.15) is 0 Å². The molecule has 5 nitrogen and oxygen atoms in total. The Hall–Kier alpha value is -0.650. The standard InChI is InChI=1S/C9H17NO4/c1-3-6(9(12)13)10-4-7(11)8(5-10)14-2/h6-8,11H,3-5H2,1-2H3,(H,12,13)/t6-,7-,8+/m1/s1. The van der Waals surface area contributed by atoms with Crippen LogP contribution >= 0.6 is 0 Å². The molecule has 0 aromatic rings. The number of carboxylic acids is 1. The summed E-state index contributed by atoms with van der Waals surface area (Å²) >= 11 is 0. The normalized spacial score (nSPS) is 30.5. The Kier molecular flexibility index (Phi) is 3.86. The van der Waals surface area contributed by atoms with Crippen LogP contribution < -0.4 is 0 Å². The van der Waals surface area contributed by atoms with E-state index in [-0.39, 0.29) is 6.10 Å². The van der Waals surface area contributed by atoms with Crippen molar-refractivity contribution in [1.82, 2.24) is 4.90 Å². The number of likely N-dealkylation sites (tertiary alicyclic amines) is 1. The predicted octanol–water partition coefficient (Wildman–Crippen LogP) is -0.459. The van der Waals surface area contributed by atoms with Crippen molar-refractivity contribution in [2.24, 2.45) is 0 Å². The van der Waals surface area contributed by atoms with Crippen LogP contribution in [0.1, 0.15) is 13.3 Å². The first-order chi connectivity index (χ1) is 6.60. The van der Waals surface area contributed by atoms with Gasteiger partial charge in [-0.05, 0) is 6.42 Å². The van der Waals surface area contributed by atoms with E-state index < -0.39 is 18.1 Å². The minimum absolute atomic E-state index is 0.261. The maximum absolute atomic E-state index is 10.9. The van der Waals surface area contributed by atoms with Crippen LogP contribution in [0.2, 0.25) is 0 Å². The molecular formula is C9H17NO4. The molecule has 1 fully saturated rings. The highest BCUT2D eigenvalue weighted by molar-refractivity contribution is 5.73. The van der Waals surface area contributed by atoms with Gasteiger partial charge in [-0.15, -0.1) is 0 Å². The lowest BCUT2D eigenvalue weighted by atomic mass is 10.2. The summed E-state index contributed by atoms with van der Waals surface area (Å²) in [7, 11) is 1.53. The van der Waals surface area contributed by atoms with Crippen LogP contribution in [0.25, 0.3) is 0 Å². The van der Waals surface area contributed by atoms with E-state index in [1.165, 1.54) is 7.11 Å². The quantitative estimate of drug-likeness (QED) is 0.647. The lowest BCUT2D eigenvalue weighted by Crippen LogP contribution is -2.40. The Morgan fingerprint density at radius 3 is 2.64 bits per heavy atom. The molecule has 0 amide bonds. The second kappa shape index (κ2) is 4.72. The molecule has 1 aliphatic rings. The van der Waals surface area contributed by atoms with Crippen LogP contribution in [0.15, 0.2) is 0 Å². The van der Waals surface area contributed by atoms with Gasteiger partial charge in [-0.25, -0.2) is 0 Å². The van der Waals surface area contributed by atoms with Crippen LogP contribution in [0.4, 0.5) is 0 Å². The molecule has 14 heavy (non-hydrogen) atoms. The van der Waals surface area contributed by atoms with Gasteiger partial charge < -0.3 is 14.9 Å². The average Bonchev–Trinajstić information content (AvgIpc) is 2.47. The van der Waals surface area contributed by atoms with Crippen molar-refractivity contribution in [3.05, 3.63) is 0 Å². The Labute approximate surface area is 83.3 Å². The largest absolute Gasteiger partial charge is 0.480 e. The van der Waals surface area contributed by atoms with E-state index in [1.54, 1.807) is 4.90 Å². The molecule has 1 aliphatic heterocycles. The van der Waals surface area contributed by atoms with Crippen LogP contribution in [0.5, 0.6) is 0 Å². The molecular weight excluding hydrogens is 186 g/mol. The highest BCUT2D eigenvalue weighted by atomic mass is 16.5. The van der Waals surface area contributed by atoms with E-state index in [0.717, 1.165) is 0 Å². The van der Waals surface area contributed by atoms with E-state index in [1.807, 2.05) is 6.92 Å². The molecule has 1 heterocycles.